The van der Waals surface area contributed by atoms with Crippen molar-refractivity contribution < 1.29 is 19.4 Å². The molecule has 0 atom stereocenters. The van der Waals surface area contributed by atoms with Crippen LogP contribution in [0.1, 0.15) is 5.56 Å². The maximum Gasteiger partial charge on any atom is 0.338 e. The molecule has 0 aliphatic heterocycles. The lowest BCUT2D eigenvalue weighted by Crippen LogP contribution is -2.12. The van der Waals surface area contributed by atoms with Crippen LogP contribution in [0.4, 0.5) is 0 Å². The molecule has 1 rings (SSSR count). The molecule has 1 N–H and O–H groups in total. The van der Waals surface area contributed by atoms with Gasteiger partial charge in [-0.25, -0.2) is 4.79 Å². The predicted molar refractivity (Wildman–Crippen MR) is 64.3 cm³/mol. The Morgan fingerprint density at radius 3 is 2.53 bits per heavy atom. The van der Waals surface area contributed by atoms with Gasteiger partial charge in [0.2, 0.25) is 0 Å². The Bertz CT molecular complexity index is 359. The first-order valence-electron chi connectivity index (χ1n) is 5.35. The number of hydrogen-bond donors (Lipinski definition) is 1. The smallest absolute Gasteiger partial charge is 0.338 e. The summed E-state index contributed by atoms with van der Waals surface area (Å²) in [5, 5.41) is 8.46. The lowest BCUT2D eigenvalue weighted by atomic mass is 10.1. The zero-order valence-electron chi connectivity index (χ0n) is 9.59. The molecule has 4 nitrogen and oxygen atoms in total. The van der Waals surface area contributed by atoms with Crippen molar-refractivity contribution in [2.24, 2.45) is 0 Å². The third-order valence-electron chi connectivity index (χ3n) is 2.07. The van der Waals surface area contributed by atoms with Gasteiger partial charge < -0.3 is 14.6 Å². The van der Waals surface area contributed by atoms with Crippen molar-refractivity contribution in [1.82, 2.24) is 0 Å². The van der Waals surface area contributed by atoms with Crippen LogP contribution in [0.3, 0.4) is 0 Å². The van der Waals surface area contributed by atoms with E-state index in [0.29, 0.717) is 5.57 Å². The van der Waals surface area contributed by atoms with E-state index in [9.17, 15) is 4.79 Å². The van der Waals surface area contributed by atoms with Crippen molar-refractivity contribution in [1.29, 1.82) is 0 Å². The van der Waals surface area contributed by atoms with E-state index in [1.54, 1.807) is 12.1 Å². The molecule has 0 unspecified atom stereocenters. The van der Waals surface area contributed by atoms with E-state index < -0.39 is 5.97 Å². The first-order valence-corrected chi connectivity index (χ1v) is 5.35. The number of benzene rings is 1. The largest absolute Gasteiger partial charge is 0.460 e. The monoisotopic (exact) mass is 236 g/mol. The molecule has 1 aromatic carbocycles. The third kappa shape index (κ3) is 4.80. The minimum absolute atomic E-state index is 0.0370. The number of carbonyl (C=O) groups excluding carboxylic acids is 1. The fourth-order valence-electron chi connectivity index (χ4n) is 1.20. The molecule has 0 aliphatic carbocycles. The first kappa shape index (κ1) is 13.4. The maximum atomic E-state index is 11.5. The quantitative estimate of drug-likeness (QED) is 0.440. The fraction of sp³-hybridized carbons (Fsp3) is 0.308. The number of aliphatic hydroxyl groups is 1. The summed E-state index contributed by atoms with van der Waals surface area (Å²) in [6.45, 7) is 4.32. The molecular formula is C13H16O4. The van der Waals surface area contributed by atoms with Crippen LogP contribution in [-0.2, 0) is 14.3 Å². The van der Waals surface area contributed by atoms with Crippen molar-refractivity contribution in [3.05, 3.63) is 42.5 Å². The number of rotatable bonds is 7. The Morgan fingerprint density at radius 1 is 1.18 bits per heavy atom. The molecule has 0 bridgehead atoms. The second-order valence-corrected chi connectivity index (χ2v) is 3.32. The van der Waals surface area contributed by atoms with Crippen molar-refractivity contribution in [2.75, 3.05) is 26.4 Å². The summed E-state index contributed by atoms with van der Waals surface area (Å²) in [7, 11) is 0. The van der Waals surface area contributed by atoms with Crippen LogP contribution in [0.2, 0.25) is 0 Å². The van der Waals surface area contributed by atoms with E-state index in [-0.39, 0.29) is 26.4 Å². The molecule has 0 saturated carbocycles. The average molecular weight is 236 g/mol. The van der Waals surface area contributed by atoms with Gasteiger partial charge in [-0.1, -0.05) is 36.9 Å². The summed E-state index contributed by atoms with van der Waals surface area (Å²) < 4.78 is 9.92. The van der Waals surface area contributed by atoms with Gasteiger partial charge in [0.05, 0.1) is 25.4 Å². The molecular weight excluding hydrogens is 220 g/mol. The highest BCUT2D eigenvalue weighted by molar-refractivity contribution is 6.15. The van der Waals surface area contributed by atoms with Gasteiger partial charge in [0.25, 0.3) is 0 Å². The molecule has 4 heteroatoms. The van der Waals surface area contributed by atoms with Crippen LogP contribution in [0, 0.1) is 0 Å². The normalized spacial score (nSPS) is 9.94. The van der Waals surface area contributed by atoms with Crippen molar-refractivity contribution in [3.63, 3.8) is 0 Å². The molecule has 0 fully saturated rings. The second kappa shape index (κ2) is 7.60. The SMILES string of the molecule is C=C(C(=O)OCCOCCO)c1ccccc1. The van der Waals surface area contributed by atoms with Crippen LogP contribution in [0.25, 0.3) is 5.57 Å². The first-order chi connectivity index (χ1) is 8.25. The van der Waals surface area contributed by atoms with E-state index in [2.05, 4.69) is 6.58 Å². The molecule has 0 spiro atoms. The minimum Gasteiger partial charge on any atom is -0.460 e. The standard InChI is InChI=1S/C13H16O4/c1-11(12-5-3-2-4-6-12)13(15)17-10-9-16-8-7-14/h2-6,14H,1,7-10H2. The molecule has 0 radical (unpaired) electrons. The summed E-state index contributed by atoms with van der Waals surface area (Å²) in [5.74, 6) is -0.455. The molecule has 0 saturated heterocycles. The average Bonchev–Trinajstić information content (AvgIpc) is 2.38. The molecule has 1 aromatic rings. The summed E-state index contributed by atoms with van der Waals surface area (Å²) in [4.78, 5) is 11.5. The molecule has 0 aliphatic rings. The van der Waals surface area contributed by atoms with Crippen molar-refractivity contribution in [2.45, 2.75) is 0 Å². The van der Waals surface area contributed by atoms with Crippen LogP contribution in [-0.4, -0.2) is 37.5 Å². The van der Waals surface area contributed by atoms with E-state index in [1.807, 2.05) is 18.2 Å². The Labute approximate surface area is 100 Å². The fourth-order valence-corrected chi connectivity index (χ4v) is 1.20. The van der Waals surface area contributed by atoms with Gasteiger partial charge in [0.1, 0.15) is 6.61 Å². The summed E-state index contributed by atoms with van der Waals surface area (Å²) in [5.41, 5.74) is 1.07. The Kier molecular flexibility index (Phi) is 5.99. The summed E-state index contributed by atoms with van der Waals surface area (Å²) in [6, 6.07) is 9.12. The van der Waals surface area contributed by atoms with E-state index >= 15 is 0 Å². The number of esters is 1. The van der Waals surface area contributed by atoms with Crippen molar-refractivity contribution in [3.8, 4) is 0 Å². The number of hydrogen-bond acceptors (Lipinski definition) is 4. The van der Waals surface area contributed by atoms with Gasteiger partial charge in [0, 0.05) is 0 Å². The lowest BCUT2D eigenvalue weighted by Gasteiger charge is -2.07. The molecule has 0 amide bonds. The van der Waals surface area contributed by atoms with Gasteiger partial charge in [-0.05, 0) is 5.56 Å². The second-order valence-electron chi connectivity index (χ2n) is 3.32. The molecule has 0 aromatic heterocycles. The van der Waals surface area contributed by atoms with Crippen LogP contribution in [0.5, 0.6) is 0 Å². The van der Waals surface area contributed by atoms with Gasteiger partial charge in [-0.2, -0.15) is 0 Å². The molecule has 17 heavy (non-hydrogen) atoms. The summed E-state index contributed by atoms with van der Waals surface area (Å²) >= 11 is 0. The number of carbonyl (C=O) groups is 1. The van der Waals surface area contributed by atoms with E-state index in [1.165, 1.54) is 0 Å². The zero-order chi connectivity index (χ0) is 12.5. The highest BCUT2D eigenvalue weighted by Crippen LogP contribution is 2.12. The third-order valence-corrected chi connectivity index (χ3v) is 2.07. The lowest BCUT2D eigenvalue weighted by molar-refractivity contribution is -0.138. The van der Waals surface area contributed by atoms with Crippen molar-refractivity contribution >= 4 is 11.5 Å². The highest BCUT2D eigenvalue weighted by Gasteiger charge is 2.09. The zero-order valence-corrected chi connectivity index (χ0v) is 9.59. The van der Waals surface area contributed by atoms with Crippen LogP contribution >= 0.6 is 0 Å². The van der Waals surface area contributed by atoms with Gasteiger partial charge in [0.15, 0.2) is 0 Å². The molecule has 0 heterocycles. The highest BCUT2D eigenvalue weighted by atomic mass is 16.6. The molecule has 92 valence electrons. The Morgan fingerprint density at radius 2 is 1.88 bits per heavy atom. The maximum absolute atomic E-state index is 11.5. The topological polar surface area (TPSA) is 55.8 Å². The van der Waals surface area contributed by atoms with Crippen LogP contribution < -0.4 is 0 Å². The van der Waals surface area contributed by atoms with Crippen LogP contribution in [0.15, 0.2) is 36.9 Å². The minimum atomic E-state index is -0.455. The predicted octanol–water partition coefficient (Wildman–Crippen LogP) is 1.25. The Balaban J connectivity index is 2.31. The van der Waals surface area contributed by atoms with E-state index in [4.69, 9.17) is 14.6 Å². The number of ether oxygens (including phenoxy) is 2. The summed E-state index contributed by atoms with van der Waals surface area (Å²) in [6.07, 6.45) is 0. The van der Waals surface area contributed by atoms with Gasteiger partial charge in [-0.3, -0.25) is 0 Å². The number of aliphatic hydroxyl groups excluding tert-OH is 1. The van der Waals surface area contributed by atoms with Gasteiger partial charge in [-0.15, -0.1) is 0 Å². The Hall–Kier alpha value is -1.65. The van der Waals surface area contributed by atoms with E-state index in [0.717, 1.165) is 5.56 Å². The van der Waals surface area contributed by atoms with Gasteiger partial charge >= 0.3 is 5.97 Å².